The fourth-order valence-electron chi connectivity index (χ4n) is 4.40. The molecule has 1 aliphatic heterocycles. The van der Waals surface area contributed by atoms with Gasteiger partial charge in [0.2, 0.25) is 18.1 Å². The van der Waals surface area contributed by atoms with Gasteiger partial charge in [0.05, 0.1) is 18.6 Å². The number of primary amides is 1. The van der Waals surface area contributed by atoms with E-state index in [0.717, 1.165) is 34.6 Å². The van der Waals surface area contributed by atoms with E-state index in [9.17, 15) is 25.2 Å². The highest BCUT2D eigenvalue weighted by Crippen LogP contribution is 2.32. The number of aromatic nitrogens is 2. The van der Waals surface area contributed by atoms with Crippen LogP contribution >= 0.6 is 0 Å². The molecule has 0 saturated carbocycles. The molecule has 5 atom stereocenters. The summed E-state index contributed by atoms with van der Waals surface area (Å²) >= 11 is 0. The second kappa shape index (κ2) is 13.7. The summed E-state index contributed by atoms with van der Waals surface area (Å²) in [6.07, 6.45) is -5.72. The Kier molecular flexibility index (Phi) is 10.9. The van der Waals surface area contributed by atoms with E-state index < -0.39 is 42.7 Å². The number of aromatic amines is 1. The lowest BCUT2D eigenvalue weighted by Crippen LogP contribution is -2.60. The second-order valence-electron chi connectivity index (χ2n) is 11.3. The van der Waals surface area contributed by atoms with E-state index in [1.165, 1.54) is 0 Å². The van der Waals surface area contributed by atoms with E-state index in [4.69, 9.17) is 19.9 Å². The molecule has 1 aromatic heterocycles. The third-order valence-corrected chi connectivity index (χ3v) is 7.20. The summed E-state index contributed by atoms with van der Waals surface area (Å²) in [6, 6.07) is 5.85. The van der Waals surface area contributed by atoms with Crippen molar-refractivity contribution in [2.45, 2.75) is 84.1 Å². The first kappa shape index (κ1) is 31.8. The molecule has 1 fully saturated rings. The maximum atomic E-state index is 11.4. The predicted octanol–water partition coefficient (Wildman–Crippen LogP) is 0.481. The normalized spacial score (nSPS) is 23.4. The Morgan fingerprint density at radius 1 is 1.23 bits per heavy atom. The summed E-state index contributed by atoms with van der Waals surface area (Å²) in [7, 11) is 0. The Labute approximate surface area is 234 Å². The fraction of sp³-hybridized carbons (Fsp3) is 0.643. The largest absolute Gasteiger partial charge is 0.494 e. The number of hydrogen-bond donors (Lipinski definition) is 7. The number of aliphatic hydroxyl groups is 4. The van der Waals surface area contributed by atoms with E-state index >= 15 is 0 Å². The smallest absolute Gasteiger partial charge is 0.238 e. The summed E-state index contributed by atoms with van der Waals surface area (Å²) in [5.74, 6) is 0.711. The van der Waals surface area contributed by atoms with Gasteiger partial charge in [0.25, 0.3) is 0 Å². The Bertz CT molecular complexity index is 1120. The van der Waals surface area contributed by atoms with E-state index in [2.05, 4.69) is 15.5 Å². The molecule has 0 bridgehead atoms. The van der Waals surface area contributed by atoms with Gasteiger partial charge in [-0.15, -0.1) is 5.10 Å². The van der Waals surface area contributed by atoms with Gasteiger partial charge in [-0.1, -0.05) is 19.9 Å². The molecule has 40 heavy (non-hydrogen) atoms. The third kappa shape index (κ3) is 7.71. The van der Waals surface area contributed by atoms with Crippen molar-refractivity contribution in [3.63, 3.8) is 0 Å². The molecule has 1 amide bonds. The molecule has 1 aromatic carbocycles. The molecule has 0 spiro atoms. The highest BCUT2D eigenvalue weighted by atomic mass is 16.7. The number of carbonyl (C=O) groups is 1. The van der Waals surface area contributed by atoms with Gasteiger partial charge >= 0.3 is 0 Å². The Morgan fingerprint density at radius 2 is 1.95 bits per heavy atom. The van der Waals surface area contributed by atoms with Gasteiger partial charge in [-0.05, 0) is 62.9 Å². The zero-order valence-corrected chi connectivity index (χ0v) is 23.9. The minimum absolute atomic E-state index is 0.0970. The van der Waals surface area contributed by atoms with Crippen molar-refractivity contribution in [3.8, 4) is 11.6 Å². The first-order valence-electron chi connectivity index (χ1n) is 13.6. The zero-order valence-electron chi connectivity index (χ0n) is 23.9. The van der Waals surface area contributed by atoms with Gasteiger partial charge in [0, 0.05) is 24.2 Å². The van der Waals surface area contributed by atoms with E-state index in [1.54, 1.807) is 13.8 Å². The molecule has 224 valence electrons. The standard InChI is InChI=1S/C28H44N4O8/c1-15(2)21-19(25(32-31-21)40-26-24(36)23(35)22(34)20(13-33)39-26)12-17-7-8-18(11-16(17)3)38-10-6-9-30-14-28(4,5)27(29)37/h7-8,11,15,20,22-24,26,30,33-36H,6,9-10,12-14H2,1-5H3,(H2,29,37)(H,31,32)/t20-,22+,23+,24-,26+/m1/s1. The molecular weight excluding hydrogens is 520 g/mol. The van der Waals surface area contributed by atoms with Crippen molar-refractivity contribution < 1.29 is 39.4 Å². The van der Waals surface area contributed by atoms with Crippen molar-refractivity contribution >= 4 is 5.91 Å². The number of amides is 1. The van der Waals surface area contributed by atoms with Crippen LogP contribution in [0.5, 0.6) is 11.6 Å². The molecular formula is C28H44N4O8. The average molecular weight is 565 g/mol. The molecule has 12 heteroatoms. The van der Waals surface area contributed by atoms with Gasteiger partial charge < -0.3 is 45.7 Å². The first-order chi connectivity index (χ1) is 18.9. The average Bonchev–Trinajstić information content (AvgIpc) is 3.30. The van der Waals surface area contributed by atoms with Crippen LogP contribution in [0.15, 0.2) is 18.2 Å². The highest BCUT2D eigenvalue weighted by molar-refractivity contribution is 5.80. The molecule has 2 heterocycles. The highest BCUT2D eigenvalue weighted by Gasteiger charge is 2.45. The molecule has 0 aliphatic carbocycles. The summed E-state index contributed by atoms with van der Waals surface area (Å²) < 4.78 is 17.3. The minimum atomic E-state index is -1.55. The molecule has 0 radical (unpaired) electrons. The summed E-state index contributed by atoms with van der Waals surface area (Å²) in [5, 5.41) is 50.6. The van der Waals surface area contributed by atoms with Crippen LogP contribution in [0.25, 0.3) is 0 Å². The monoisotopic (exact) mass is 564 g/mol. The number of H-pyrrole nitrogens is 1. The van der Waals surface area contributed by atoms with Crippen LogP contribution < -0.4 is 20.5 Å². The van der Waals surface area contributed by atoms with Crippen LogP contribution in [0.3, 0.4) is 0 Å². The van der Waals surface area contributed by atoms with Crippen LogP contribution in [0, 0.1) is 12.3 Å². The number of aliphatic hydroxyl groups excluding tert-OH is 4. The van der Waals surface area contributed by atoms with Gasteiger partial charge in [-0.25, -0.2) is 0 Å². The lowest BCUT2D eigenvalue weighted by atomic mass is 9.93. The number of nitrogens with one attached hydrogen (secondary N) is 2. The van der Waals surface area contributed by atoms with Crippen LogP contribution in [-0.2, 0) is 16.0 Å². The summed E-state index contributed by atoms with van der Waals surface area (Å²) in [6.45, 7) is 10.8. The first-order valence-corrected chi connectivity index (χ1v) is 13.6. The number of nitrogens with two attached hydrogens (primary N) is 1. The third-order valence-electron chi connectivity index (χ3n) is 7.20. The van der Waals surface area contributed by atoms with Crippen molar-refractivity contribution in [2.24, 2.45) is 11.1 Å². The maximum absolute atomic E-state index is 11.4. The molecule has 8 N–H and O–H groups in total. The number of rotatable bonds is 14. The van der Waals surface area contributed by atoms with Crippen molar-refractivity contribution in [2.75, 3.05) is 26.3 Å². The molecule has 1 saturated heterocycles. The van der Waals surface area contributed by atoms with Gasteiger partial charge in [0.1, 0.15) is 30.2 Å². The quantitative estimate of drug-likeness (QED) is 0.159. The lowest BCUT2D eigenvalue weighted by Gasteiger charge is -2.39. The van der Waals surface area contributed by atoms with Crippen LogP contribution in [0.1, 0.15) is 62.4 Å². The van der Waals surface area contributed by atoms with Crippen molar-refractivity contribution in [1.29, 1.82) is 0 Å². The van der Waals surface area contributed by atoms with E-state index in [-0.39, 0.29) is 17.7 Å². The Hall–Kier alpha value is -2.74. The van der Waals surface area contributed by atoms with Gasteiger partial charge in [-0.3, -0.25) is 9.89 Å². The Balaban J connectivity index is 1.64. The van der Waals surface area contributed by atoms with E-state index in [0.29, 0.717) is 26.1 Å². The number of aryl methyl sites for hydroxylation is 1. The molecule has 12 nitrogen and oxygen atoms in total. The SMILES string of the molecule is Cc1cc(OCCCNCC(C)(C)C(N)=O)ccc1Cc1c(O[C@@H]2O[C@H](CO)[C@H](O)[C@H](O)[C@H]2O)n[nH]c1C(C)C. The topological polar surface area (TPSA) is 192 Å². The van der Waals surface area contributed by atoms with Crippen LogP contribution in [0.2, 0.25) is 0 Å². The summed E-state index contributed by atoms with van der Waals surface area (Å²) in [4.78, 5) is 11.4. The van der Waals surface area contributed by atoms with Crippen LogP contribution in [0.4, 0.5) is 0 Å². The van der Waals surface area contributed by atoms with Gasteiger partial charge in [-0.2, -0.15) is 0 Å². The lowest BCUT2D eigenvalue weighted by molar-refractivity contribution is -0.278. The molecule has 3 rings (SSSR count). The number of benzene rings is 1. The maximum Gasteiger partial charge on any atom is 0.238 e. The molecule has 0 unspecified atom stereocenters. The number of nitrogens with zero attached hydrogens (tertiary/aromatic N) is 1. The van der Waals surface area contributed by atoms with Gasteiger partial charge in [0.15, 0.2) is 0 Å². The molecule has 1 aliphatic rings. The Morgan fingerprint density at radius 3 is 2.58 bits per heavy atom. The van der Waals surface area contributed by atoms with E-state index in [1.807, 2.05) is 39.0 Å². The zero-order chi connectivity index (χ0) is 29.6. The van der Waals surface area contributed by atoms with Crippen molar-refractivity contribution in [3.05, 3.63) is 40.6 Å². The molecule has 2 aromatic rings. The predicted molar refractivity (Wildman–Crippen MR) is 147 cm³/mol. The van der Waals surface area contributed by atoms with Crippen LogP contribution in [-0.4, -0.2) is 93.5 Å². The second-order valence-corrected chi connectivity index (χ2v) is 11.3. The summed E-state index contributed by atoms with van der Waals surface area (Å²) in [5.41, 5.74) is 8.45. The number of hydrogen-bond acceptors (Lipinski definition) is 10. The number of carbonyl (C=O) groups excluding carboxylic acids is 1. The minimum Gasteiger partial charge on any atom is -0.494 e. The number of ether oxygens (including phenoxy) is 3. The fourth-order valence-corrected chi connectivity index (χ4v) is 4.40. The van der Waals surface area contributed by atoms with Crippen molar-refractivity contribution in [1.82, 2.24) is 15.5 Å².